The van der Waals surface area contributed by atoms with Gasteiger partial charge in [-0.3, -0.25) is 4.68 Å². The largest absolute Gasteiger partial charge is 0.478 e. The van der Waals surface area contributed by atoms with E-state index in [1.54, 1.807) is 7.05 Å². The zero-order chi connectivity index (χ0) is 13.0. The van der Waals surface area contributed by atoms with Crippen LogP contribution in [0.3, 0.4) is 0 Å². The number of hydrogen-bond acceptors (Lipinski definition) is 4. The first-order valence-corrected chi connectivity index (χ1v) is 5.55. The minimum atomic E-state index is -0.986. The summed E-state index contributed by atoms with van der Waals surface area (Å²) in [6.07, 6.45) is 1.34. The van der Waals surface area contributed by atoms with Crippen molar-refractivity contribution in [1.82, 2.24) is 15.1 Å². The molecule has 6 nitrogen and oxygen atoms in total. The first-order valence-electron chi connectivity index (χ1n) is 5.55. The summed E-state index contributed by atoms with van der Waals surface area (Å²) in [5.74, 6) is -0.707. The number of aliphatic hydroxyl groups is 1. The van der Waals surface area contributed by atoms with Crippen LogP contribution in [0.4, 0.5) is 0 Å². The summed E-state index contributed by atoms with van der Waals surface area (Å²) in [7, 11) is 1.70. The molecule has 0 spiro atoms. The standard InChI is InChI=1S/C11H19N3O3/c1-7(2)9(6-15)12-5-10-8(11(16)17)4-13-14(10)3/h4,7,9,12,15H,5-6H2,1-3H3,(H,16,17). The molecule has 0 aliphatic heterocycles. The number of carbonyl (C=O) groups is 1. The lowest BCUT2D eigenvalue weighted by Crippen LogP contribution is -2.37. The van der Waals surface area contributed by atoms with Gasteiger partial charge in [0.05, 0.1) is 18.5 Å². The summed E-state index contributed by atoms with van der Waals surface area (Å²) >= 11 is 0. The van der Waals surface area contributed by atoms with Gasteiger partial charge in [-0.05, 0) is 5.92 Å². The van der Waals surface area contributed by atoms with Crippen LogP contribution in [-0.2, 0) is 13.6 Å². The smallest absolute Gasteiger partial charge is 0.339 e. The zero-order valence-electron chi connectivity index (χ0n) is 10.3. The molecule has 1 heterocycles. The highest BCUT2D eigenvalue weighted by Crippen LogP contribution is 2.09. The Hall–Kier alpha value is -1.40. The molecule has 1 aromatic rings. The van der Waals surface area contributed by atoms with Gasteiger partial charge in [-0.1, -0.05) is 13.8 Å². The van der Waals surface area contributed by atoms with E-state index < -0.39 is 5.97 Å². The van der Waals surface area contributed by atoms with Gasteiger partial charge in [-0.15, -0.1) is 0 Å². The summed E-state index contributed by atoms with van der Waals surface area (Å²) in [6.45, 7) is 4.39. The molecule has 1 rings (SSSR count). The van der Waals surface area contributed by atoms with E-state index in [0.717, 1.165) is 0 Å². The second-order valence-corrected chi connectivity index (χ2v) is 4.35. The molecular weight excluding hydrogens is 222 g/mol. The Balaban J connectivity index is 2.74. The Labute approximate surface area is 100 Å². The Morgan fingerprint density at radius 3 is 2.71 bits per heavy atom. The highest BCUT2D eigenvalue weighted by molar-refractivity contribution is 5.88. The van der Waals surface area contributed by atoms with E-state index in [2.05, 4.69) is 10.4 Å². The number of nitrogens with zero attached hydrogens (tertiary/aromatic N) is 2. The maximum atomic E-state index is 11.0. The number of rotatable bonds is 6. The van der Waals surface area contributed by atoms with Crippen LogP contribution in [0.15, 0.2) is 6.20 Å². The summed E-state index contributed by atoms with van der Waals surface area (Å²) < 4.78 is 1.53. The number of carboxylic acid groups (broad SMARTS) is 1. The fourth-order valence-corrected chi connectivity index (χ4v) is 1.59. The fourth-order valence-electron chi connectivity index (χ4n) is 1.59. The molecule has 6 heteroatoms. The lowest BCUT2D eigenvalue weighted by atomic mass is 10.1. The highest BCUT2D eigenvalue weighted by Gasteiger charge is 2.17. The quantitative estimate of drug-likeness (QED) is 0.663. The van der Waals surface area contributed by atoms with Gasteiger partial charge in [-0.2, -0.15) is 5.10 Å². The average molecular weight is 241 g/mol. The molecule has 17 heavy (non-hydrogen) atoms. The van der Waals surface area contributed by atoms with Crippen LogP contribution in [-0.4, -0.2) is 38.6 Å². The normalized spacial score (nSPS) is 13.0. The number of aromatic carboxylic acids is 1. The van der Waals surface area contributed by atoms with Crippen LogP contribution in [0.1, 0.15) is 29.9 Å². The van der Waals surface area contributed by atoms with Crippen molar-refractivity contribution in [3.63, 3.8) is 0 Å². The van der Waals surface area contributed by atoms with Crippen molar-refractivity contribution in [3.8, 4) is 0 Å². The molecule has 0 amide bonds. The maximum Gasteiger partial charge on any atom is 0.339 e. The van der Waals surface area contributed by atoms with E-state index in [4.69, 9.17) is 5.11 Å². The molecule has 0 fully saturated rings. The van der Waals surface area contributed by atoms with E-state index in [9.17, 15) is 9.90 Å². The molecule has 0 aromatic carbocycles. The Morgan fingerprint density at radius 1 is 1.59 bits per heavy atom. The van der Waals surface area contributed by atoms with Crippen LogP contribution in [0.5, 0.6) is 0 Å². The third kappa shape index (κ3) is 3.28. The summed E-state index contributed by atoms with van der Waals surface area (Å²) in [5, 5.41) is 25.2. The van der Waals surface area contributed by atoms with Crippen LogP contribution >= 0.6 is 0 Å². The molecule has 1 atom stereocenters. The molecule has 1 unspecified atom stereocenters. The second-order valence-electron chi connectivity index (χ2n) is 4.35. The van der Waals surface area contributed by atoms with Gasteiger partial charge < -0.3 is 15.5 Å². The van der Waals surface area contributed by atoms with Gasteiger partial charge in [0.2, 0.25) is 0 Å². The maximum absolute atomic E-state index is 11.0. The molecule has 3 N–H and O–H groups in total. The number of carboxylic acids is 1. The van der Waals surface area contributed by atoms with Crippen molar-refractivity contribution >= 4 is 5.97 Å². The molecule has 96 valence electrons. The first kappa shape index (κ1) is 13.7. The molecule has 0 saturated carbocycles. The third-order valence-corrected chi connectivity index (χ3v) is 2.83. The van der Waals surface area contributed by atoms with Crippen LogP contribution < -0.4 is 5.32 Å². The minimum Gasteiger partial charge on any atom is -0.478 e. The minimum absolute atomic E-state index is 0.0257. The van der Waals surface area contributed by atoms with E-state index in [0.29, 0.717) is 12.2 Å². The van der Waals surface area contributed by atoms with Gasteiger partial charge in [0.15, 0.2) is 0 Å². The van der Waals surface area contributed by atoms with Gasteiger partial charge in [0.1, 0.15) is 5.56 Å². The fraction of sp³-hybridized carbons (Fsp3) is 0.636. The lowest BCUT2D eigenvalue weighted by molar-refractivity contribution is 0.0695. The van der Waals surface area contributed by atoms with Gasteiger partial charge >= 0.3 is 5.97 Å². The highest BCUT2D eigenvalue weighted by atomic mass is 16.4. The monoisotopic (exact) mass is 241 g/mol. The van der Waals surface area contributed by atoms with Crippen LogP contribution in [0, 0.1) is 5.92 Å². The summed E-state index contributed by atoms with van der Waals surface area (Å²) in [6, 6.07) is -0.0495. The Kier molecular flexibility index (Phi) is 4.65. The van der Waals surface area contributed by atoms with E-state index in [-0.39, 0.29) is 24.1 Å². The number of nitrogens with one attached hydrogen (secondary N) is 1. The molecule has 0 bridgehead atoms. The Morgan fingerprint density at radius 2 is 2.24 bits per heavy atom. The molecule has 0 aliphatic carbocycles. The van der Waals surface area contributed by atoms with Crippen molar-refractivity contribution in [2.45, 2.75) is 26.4 Å². The molecule has 0 radical (unpaired) electrons. The predicted molar refractivity (Wildman–Crippen MR) is 62.7 cm³/mol. The number of aryl methyl sites for hydroxylation is 1. The van der Waals surface area contributed by atoms with Crippen LogP contribution in [0.25, 0.3) is 0 Å². The van der Waals surface area contributed by atoms with E-state index in [1.165, 1.54) is 10.9 Å². The number of hydrogen-bond donors (Lipinski definition) is 3. The first-order chi connectivity index (χ1) is 7.97. The molecular formula is C11H19N3O3. The van der Waals surface area contributed by atoms with E-state index >= 15 is 0 Å². The molecule has 0 aliphatic rings. The lowest BCUT2D eigenvalue weighted by Gasteiger charge is -2.20. The summed E-state index contributed by atoms with van der Waals surface area (Å²) in [5.41, 5.74) is 0.803. The zero-order valence-corrected chi connectivity index (χ0v) is 10.3. The van der Waals surface area contributed by atoms with Crippen molar-refractivity contribution in [2.75, 3.05) is 6.61 Å². The van der Waals surface area contributed by atoms with Gasteiger partial charge in [0.25, 0.3) is 0 Å². The van der Waals surface area contributed by atoms with Crippen molar-refractivity contribution in [2.24, 2.45) is 13.0 Å². The summed E-state index contributed by atoms with van der Waals surface area (Å²) in [4.78, 5) is 11.0. The molecule has 1 aromatic heterocycles. The number of aromatic nitrogens is 2. The van der Waals surface area contributed by atoms with Gasteiger partial charge in [0, 0.05) is 19.6 Å². The van der Waals surface area contributed by atoms with Crippen molar-refractivity contribution in [3.05, 3.63) is 17.5 Å². The predicted octanol–water partition coefficient (Wildman–Crippen LogP) is 0.225. The number of aliphatic hydroxyl groups excluding tert-OH is 1. The molecule has 0 saturated heterocycles. The van der Waals surface area contributed by atoms with Crippen molar-refractivity contribution in [1.29, 1.82) is 0 Å². The van der Waals surface area contributed by atoms with Gasteiger partial charge in [-0.25, -0.2) is 4.79 Å². The third-order valence-electron chi connectivity index (χ3n) is 2.83. The second kappa shape index (κ2) is 5.79. The average Bonchev–Trinajstić information content (AvgIpc) is 2.61. The SMILES string of the molecule is CC(C)C(CO)NCc1c(C(=O)O)cnn1C. The van der Waals surface area contributed by atoms with Crippen LogP contribution in [0.2, 0.25) is 0 Å². The topological polar surface area (TPSA) is 87.4 Å². The van der Waals surface area contributed by atoms with E-state index in [1.807, 2.05) is 13.8 Å². The Bertz CT molecular complexity index is 387. The van der Waals surface area contributed by atoms with Crippen molar-refractivity contribution < 1.29 is 15.0 Å².